The molecule has 0 aliphatic heterocycles. The molecule has 0 atom stereocenters. The van der Waals surface area contributed by atoms with Crippen molar-refractivity contribution < 1.29 is 9.90 Å². The van der Waals surface area contributed by atoms with Gasteiger partial charge in [0.15, 0.2) is 0 Å². The van der Waals surface area contributed by atoms with Gasteiger partial charge in [-0.25, -0.2) is 4.79 Å². The summed E-state index contributed by atoms with van der Waals surface area (Å²) in [5, 5.41) is 9.24. The molecule has 0 aliphatic rings. The molecule has 0 radical (unpaired) electrons. The largest absolute Gasteiger partial charge is 0.478 e. The number of carboxylic acid groups (broad SMARTS) is 1. The van der Waals surface area contributed by atoms with E-state index in [9.17, 15) is 9.90 Å². The average molecular weight is 252 g/mol. The van der Waals surface area contributed by atoms with Crippen LogP contribution in [0.1, 0.15) is 11.1 Å². The first-order valence-corrected chi connectivity index (χ1v) is 6.26. The van der Waals surface area contributed by atoms with Gasteiger partial charge in [-0.2, -0.15) is 0 Å². The standard InChI is InChI=1S/C17H16O2/c18-17(19)16(13-15-9-5-2-6-10-15)12-11-14-7-3-1-4-8-14/h1-10,12H,11,13H2,(H,18,19). The Kier molecular flexibility index (Phi) is 4.51. The van der Waals surface area contributed by atoms with Gasteiger partial charge in [-0.3, -0.25) is 0 Å². The summed E-state index contributed by atoms with van der Waals surface area (Å²) in [5.74, 6) is -0.847. The summed E-state index contributed by atoms with van der Waals surface area (Å²) in [6, 6.07) is 19.5. The van der Waals surface area contributed by atoms with Gasteiger partial charge in [0, 0.05) is 12.0 Å². The number of rotatable bonds is 5. The van der Waals surface area contributed by atoms with Crippen molar-refractivity contribution in [2.24, 2.45) is 0 Å². The van der Waals surface area contributed by atoms with Gasteiger partial charge in [0.2, 0.25) is 0 Å². The number of benzene rings is 2. The molecule has 0 amide bonds. The van der Waals surface area contributed by atoms with Crippen LogP contribution in [0.3, 0.4) is 0 Å². The predicted octanol–water partition coefficient (Wildman–Crippen LogP) is 3.48. The highest BCUT2D eigenvalue weighted by Crippen LogP contribution is 2.10. The maximum absolute atomic E-state index is 11.3. The molecule has 0 fully saturated rings. The van der Waals surface area contributed by atoms with Gasteiger partial charge in [-0.05, 0) is 17.5 Å². The van der Waals surface area contributed by atoms with Crippen LogP contribution >= 0.6 is 0 Å². The van der Waals surface area contributed by atoms with Gasteiger partial charge in [-0.1, -0.05) is 66.7 Å². The van der Waals surface area contributed by atoms with Crippen LogP contribution in [0.5, 0.6) is 0 Å². The summed E-state index contributed by atoms with van der Waals surface area (Å²) >= 11 is 0. The highest BCUT2D eigenvalue weighted by Gasteiger charge is 2.07. The normalized spacial score (nSPS) is 11.3. The smallest absolute Gasteiger partial charge is 0.331 e. The first kappa shape index (κ1) is 13.1. The fourth-order valence-electron chi connectivity index (χ4n) is 1.91. The fourth-order valence-corrected chi connectivity index (χ4v) is 1.91. The van der Waals surface area contributed by atoms with Crippen LogP contribution in [-0.4, -0.2) is 11.1 Å². The van der Waals surface area contributed by atoms with Crippen LogP contribution in [0, 0.1) is 0 Å². The second kappa shape index (κ2) is 6.55. The minimum absolute atomic E-state index is 0.440. The van der Waals surface area contributed by atoms with Crippen molar-refractivity contribution in [1.82, 2.24) is 0 Å². The van der Waals surface area contributed by atoms with Crippen LogP contribution < -0.4 is 0 Å². The zero-order chi connectivity index (χ0) is 13.5. The Balaban J connectivity index is 2.10. The van der Waals surface area contributed by atoms with E-state index in [2.05, 4.69) is 0 Å². The third kappa shape index (κ3) is 4.11. The second-order valence-corrected chi connectivity index (χ2v) is 4.39. The van der Waals surface area contributed by atoms with Gasteiger partial charge in [-0.15, -0.1) is 0 Å². The molecule has 0 saturated heterocycles. The highest BCUT2D eigenvalue weighted by molar-refractivity contribution is 5.87. The molecule has 2 rings (SSSR count). The van der Waals surface area contributed by atoms with Crippen molar-refractivity contribution in [1.29, 1.82) is 0 Å². The Labute approximate surface area is 113 Å². The zero-order valence-corrected chi connectivity index (χ0v) is 10.6. The molecule has 2 aromatic carbocycles. The van der Waals surface area contributed by atoms with Crippen molar-refractivity contribution in [2.45, 2.75) is 12.8 Å². The lowest BCUT2D eigenvalue weighted by molar-refractivity contribution is -0.132. The third-order valence-electron chi connectivity index (χ3n) is 2.94. The molecule has 0 heterocycles. The van der Waals surface area contributed by atoms with Crippen LogP contribution in [0.15, 0.2) is 72.3 Å². The molecule has 2 nitrogen and oxygen atoms in total. The average Bonchev–Trinajstić information content (AvgIpc) is 2.45. The third-order valence-corrected chi connectivity index (χ3v) is 2.94. The van der Waals surface area contributed by atoms with Crippen molar-refractivity contribution in [3.63, 3.8) is 0 Å². The summed E-state index contributed by atoms with van der Waals surface area (Å²) in [6.45, 7) is 0. The van der Waals surface area contributed by atoms with Crippen molar-refractivity contribution in [2.75, 3.05) is 0 Å². The Morgan fingerprint density at radius 2 is 1.42 bits per heavy atom. The highest BCUT2D eigenvalue weighted by atomic mass is 16.4. The first-order valence-electron chi connectivity index (χ1n) is 6.26. The number of hydrogen-bond donors (Lipinski definition) is 1. The summed E-state index contributed by atoms with van der Waals surface area (Å²) in [7, 11) is 0. The lowest BCUT2D eigenvalue weighted by Gasteiger charge is -2.03. The Morgan fingerprint density at radius 3 is 1.95 bits per heavy atom. The maximum Gasteiger partial charge on any atom is 0.331 e. The summed E-state index contributed by atoms with van der Waals surface area (Å²) in [5.41, 5.74) is 2.58. The number of allylic oxidation sites excluding steroid dienone is 1. The van der Waals surface area contributed by atoms with Gasteiger partial charge < -0.3 is 5.11 Å². The molecule has 1 N–H and O–H groups in total. The Morgan fingerprint density at radius 1 is 0.895 bits per heavy atom. The molecule has 2 heteroatoms. The van der Waals surface area contributed by atoms with Gasteiger partial charge in [0.1, 0.15) is 0 Å². The van der Waals surface area contributed by atoms with Crippen LogP contribution in [-0.2, 0) is 17.6 Å². The van der Waals surface area contributed by atoms with E-state index in [4.69, 9.17) is 0 Å². The molecule has 2 aromatic rings. The molecule has 0 spiro atoms. The fraction of sp³-hybridized carbons (Fsp3) is 0.118. The molecule has 96 valence electrons. The summed E-state index contributed by atoms with van der Waals surface area (Å²) < 4.78 is 0. The van der Waals surface area contributed by atoms with E-state index < -0.39 is 5.97 Å². The molecular formula is C17H16O2. The molecular weight excluding hydrogens is 236 g/mol. The Hall–Kier alpha value is -2.35. The van der Waals surface area contributed by atoms with Crippen molar-refractivity contribution in [3.8, 4) is 0 Å². The summed E-state index contributed by atoms with van der Waals surface area (Å²) in [4.78, 5) is 11.3. The van der Waals surface area contributed by atoms with Gasteiger partial charge in [0.25, 0.3) is 0 Å². The predicted molar refractivity (Wildman–Crippen MR) is 76.0 cm³/mol. The van der Waals surface area contributed by atoms with E-state index in [-0.39, 0.29) is 0 Å². The van der Waals surface area contributed by atoms with Gasteiger partial charge in [0.05, 0.1) is 0 Å². The topological polar surface area (TPSA) is 37.3 Å². The van der Waals surface area contributed by atoms with Crippen LogP contribution in [0.2, 0.25) is 0 Å². The van der Waals surface area contributed by atoms with E-state index in [1.807, 2.05) is 60.7 Å². The van der Waals surface area contributed by atoms with E-state index in [1.165, 1.54) is 0 Å². The van der Waals surface area contributed by atoms with Gasteiger partial charge >= 0.3 is 5.97 Å². The molecule has 0 saturated carbocycles. The molecule has 0 bridgehead atoms. The lowest BCUT2D eigenvalue weighted by atomic mass is 10.0. The minimum Gasteiger partial charge on any atom is -0.478 e. The number of hydrogen-bond acceptors (Lipinski definition) is 1. The van der Waals surface area contributed by atoms with E-state index in [0.717, 1.165) is 11.1 Å². The second-order valence-electron chi connectivity index (χ2n) is 4.39. The van der Waals surface area contributed by atoms with Crippen molar-refractivity contribution >= 4 is 5.97 Å². The van der Waals surface area contributed by atoms with E-state index in [0.29, 0.717) is 18.4 Å². The van der Waals surface area contributed by atoms with Crippen LogP contribution in [0.4, 0.5) is 0 Å². The Bertz CT molecular complexity index is 556. The molecule has 0 unspecified atom stereocenters. The van der Waals surface area contributed by atoms with Crippen LogP contribution in [0.25, 0.3) is 0 Å². The number of carbonyl (C=O) groups is 1. The maximum atomic E-state index is 11.3. The monoisotopic (exact) mass is 252 g/mol. The quantitative estimate of drug-likeness (QED) is 0.827. The molecule has 0 aliphatic carbocycles. The summed E-state index contributed by atoms with van der Waals surface area (Å²) in [6.07, 6.45) is 2.91. The molecule has 19 heavy (non-hydrogen) atoms. The number of aliphatic carboxylic acids is 1. The van der Waals surface area contributed by atoms with E-state index in [1.54, 1.807) is 6.08 Å². The first-order chi connectivity index (χ1) is 9.25. The number of carboxylic acids is 1. The zero-order valence-electron chi connectivity index (χ0n) is 10.6. The van der Waals surface area contributed by atoms with E-state index >= 15 is 0 Å². The van der Waals surface area contributed by atoms with Crippen molar-refractivity contribution in [3.05, 3.63) is 83.4 Å². The minimum atomic E-state index is -0.847. The molecule has 0 aromatic heterocycles. The SMILES string of the molecule is O=C(O)C(=CCc1ccccc1)Cc1ccccc1. The lowest BCUT2D eigenvalue weighted by Crippen LogP contribution is -2.04.